The van der Waals surface area contributed by atoms with Gasteiger partial charge in [-0.1, -0.05) is 0 Å². The van der Waals surface area contributed by atoms with Gasteiger partial charge in [-0.05, 0) is 30.5 Å². The van der Waals surface area contributed by atoms with Crippen molar-refractivity contribution in [2.24, 2.45) is 0 Å². The van der Waals surface area contributed by atoms with E-state index in [-0.39, 0.29) is 17.7 Å². The number of benzene rings is 1. The normalized spacial score (nSPS) is 17.2. The zero-order chi connectivity index (χ0) is 13.1. The number of anilines is 1. The molecule has 0 aliphatic carbocycles. The maximum atomic E-state index is 13.9. The number of rotatable bonds is 3. The van der Waals surface area contributed by atoms with E-state index in [1.807, 2.05) is 0 Å². The second kappa shape index (κ2) is 5.85. The molecule has 2 rings (SSSR count). The van der Waals surface area contributed by atoms with Gasteiger partial charge >= 0.3 is 0 Å². The molecule has 1 heterocycles. The summed E-state index contributed by atoms with van der Waals surface area (Å²) in [6.07, 6.45) is 1.76. The van der Waals surface area contributed by atoms with E-state index >= 15 is 0 Å². The summed E-state index contributed by atoms with van der Waals surface area (Å²) in [5.41, 5.74) is 0.514. The van der Waals surface area contributed by atoms with Crippen molar-refractivity contribution in [2.45, 2.75) is 24.8 Å². The topological polar surface area (TPSA) is 12.5 Å². The summed E-state index contributed by atoms with van der Waals surface area (Å²) in [5, 5.41) is 0. The number of halogens is 3. The molecule has 1 aliphatic heterocycles. The maximum absolute atomic E-state index is 13.9. The molecule has 1 aromatic rings. The number of methoxy groups -OCH3 is 1. The number of hydrogen-bond acceptors (Lipinski definition) is 2. The first-order valence-electron chi connectivity index (χ1n) is 5.97. The molecule has 1 saturated heterocycles. The molecule has 1 fully saturated rings. The third-order valence-corrected chi connectivity index (χ3v) is 3.63. The predicted octanol–water partition coefficient (Wildman–Crippen LogP) is 3.32. The van der Waals surface area contributed by atoms with E-state index < -0.39 is 11.6 Å². The van der Waals surface area contributed by atoms with Crippen molar-refractivity contribution >= 4 is 17.3 Å². The van der Waals surface area contributed by atoms with Crippen molar-refractivity contribution in [1.82, 2.24) is 0 Å². The van der Waals surface area contributed by atoms with Crippen molar-refractivity contribution in [2.75, 3.05) is 25.1 Å². The van der Waals surface area contributed by atoms with Gasteiger partial charge in [0, 0.05) is 26.1 Å². The van der Waals surface area contributed by atoms with E-state index in [9.17, 15) is 8.78 Å². The van der Waals surface area contributed by atoms with E-state index in [1.54, 1.807) is 12.0 Å². The van der Waals surface area contributed by atoms with Gasteiger partial charge in [-0.25, -0.2) is 8.78 Å². The van der Waals surface area contributed by atoms with Gasteiger partial charge < -0.3 is 9.64 Å². The highest BCUT2D eigenvalue weighted by Gasteiger charge is 2.23. The molecule has 0 saturated carbocycles. The minimum Gasteiger partial charge on any atom is -0.381 e. The number of nitrogens with zero attached hydrogens (tertiary/aromatic N) is 1. The van der Waals surface area contributed by atoms with E-state index in [0.717, 1.165) is 12.8 Å². The van der Waals surface area contributed by atoms with E-state index in [1.165, 1.54) is 12.1 Å². The Morgan fingerprint density at radius 2 is 1.83 bits per heavy atom. The summed E-state index contributed by atoms with van der Waals surface area (Å²) in [5.74, 6) is -0.970. The summed E-state index contributed by atoms with van der Waals surface area (Å²) in [6.45, 7) is 1.21. The number of piperidine rings is 1. The largest absolute Gasteiger partial charge is 0.381 e. The molecule has 5 heteroatoms. The lowest BCUT2D eigenvalue weighted by Crippen LogP contribution is -2.37. The van der Waals surface area contributed by atoms with Crippen LogP contribution >= 0.6 is 11.6 Å². The Kier molecular flexibility index (Phi) is 4.40. The lowest BCUT2D eigenvalue weighted by Gasteiger charge is -2.33. The average molecular weight is 276 g/mol. The molecule has 0 bridgehead atoms. The van der Waals surface area contributed by atoms with Crippen LogP contribution in [0.3, 0.4) is 0 Å². The summed E-state index contributed by atoms with van der Waals surface area (Å²) < 4.78 is 33.0. The predicted molar refractivity (Wildman–Crippen MR) is 68.2 cm³/mol. The van der Waals surface area contributed by atoms with E-state index in [0.29, 0.717) is 18.7 Å². The fourth-order valence-corrected chi connectivity index (χ4v) is 2.47. The first-order valence-corrected chi connectivity index (χ1v) is 6.50. The molecule has 0 atom stereocenters. The third kappa shape index (κ3) is 2.75. The quantitative estimate of drug-likeness (QED) is 0.785. The Labute approximate surface area is 110 Å². The number of hydrogen-bond donors (Lipinski definition) is 0. The van der Waals surface area contributed by atoms with Crippen LogP contribution in [-0.2, 0) is 10.6 Å². The maximum Gasteiger partial charge on any atom is 0.149 e. The Hall–Kier alpha value is -0.870. The highest BCUT2D eigenvalue weighted by molar-refractivity contribution is 6.17. The second-order valence-electron chi connectivity index (χ2n) is 4.46. The summed E-state index contributed by atoms with van der Waals surface area (Å²) in [7, 11) is 1.66. The van der Waals surface area contributed by atoms with Crippen molar-refractivity contribution in [1.29, 1.82) is 0 Å². The Bertz CT molecular complexity index is 396. The average Bonchev–Trinajstić information content (AvgIpc) is 2.38. The van der Waals surface area contributed by atoms with Crippen LogP contribution in [0.15, 0.2) is 12.1 Å². The molecule has 0 N–H and O–H groups in total. The highest BCUT2D eigenvalue weighted by atomic mass is 35.5. The summed E-state index contributed by atoms with van der Waals surface area (Å²) in [4.78, 5) is 1.73. The van der Waals surface area contributed by atoms with Crippen LogP contribution in [0, 0.1) is 11.6 Å². The molecule has 0 aromatic heterocycles. The van der Waals surface area contributed by atoms with Gasteiger partial charge in [0.25, 0.3) is 0 Å². The molecule has 0 amide bonds. The minimum atomic E-state index is -0.540. The molecule has 1 aliphatic rings. The lowest BCUT2D eigenvalue weighted by atomic mass is 10.1. The van der Waals surface area contributed by atoms with Crippen LogP contribution in [0.25, 0.3) is 0 Å². The van der Waals surface area contributed by atoms with Gasteiger partial charge in [-0.15, -0.1) is 11.6 Å². The molecule has 0 unspecified atom stereocenters. The van der Waals surface area contributed by atoms with Crippen LogP contribution in [0.2, 0.25) is 0 Å². The van der Waals surface area contributed by atoms with Crippen molar-refractivity contribution in [3.05, 3.63) is 29.3 Å². The zero-order valence-corrected chi connectivity index (χ0v) is 11.0. The van der Waals surface area contributed by atoms with Crippen LogP contribution in [-0.4, -0.2) is 26.3 Å². The van der Waals surface area contributed by atoms with Gasteiger partial charge in [0.1, 0.15) is 17.3 Å². The molecular weight excluding hydrogens is 260 g/mol. The molecule has 1 aromatic carbocycles. The summed E-state index contributed by atoms with van der Waals surface area (Å²) >= 11 is 5.58. The molecule has 0 radical (unpaired) electrons. The monoisotopic (exact) mass is 275 g/mol. The van der Waals surface area contributed by atoms with Gasteiger partial charge in [0.05, 0.1) is 6.10 Å². The minimum absolute atomic E-state index is 0.0541. The van der Waals surface area contributed by atoms with Crippen LogP contribution < -0.4 is 4.90 Å². The van der Waals surface area contributed by atoms with Gasteiger partial charge in [0.15, 0.2) is 0 Å². The fraction of sp³-hybridized carbons (Fsp3) is 0.538. The molecule has 0 spiro atoms. The number of alkyl halides is 1. The lowest BCUT2D eigenvalue weighted by molar-refractivity contribution is 0.0817. The van der Waals surface area contributed by atoms with E-state index in [2.05, 4.69) is 0 Å². The Morgan fingerprint density at radius 1 is 1.28 bits per heavy atom. The smallest absolute Gasteiger partial charge is 0.149 e. The Balaban J connectivity index is 2.19. The van der Waals surface area contributed by atoms with Crippen molar-refractivity contribution in [3.8, 4) is 0 Å². The SMILES string of the molecule is COC1CCN(c2c(F)cc(CCl)cc2F)CC1. The van der Waals surface area contributed by atoms with E-state index in [4.69, 9.17) is 16.3 Å². The summed E-state index contributed by atoms with van der Waals surface area (Å²) in [6, 6.07) is 2.60. The first-order chi connectivity index (χ1) is 8.65. The zero-order valence-electron chi connectivity index (χ0n) is 10.3. The Morgan fingerprint density at radius 3 is 2.28 bits per heavy atom. The van der Waals surface area contributed by atoms with Crippen LogP contribution in [0.5, 0.6) is 0 Å². The molecular formula is C13H16ClF2NO. The van der Waals surface area contributed by atoms with Gasteiger partial charge in [-0.3, -0.25) is 0 Å². The van der Waals surface area contributed by atoms with Gasteiger partial charge in [0.2, 0.25) is 0 Å². The third-order valence-electron chi connectivity index (χ3n) is 3.32. The van der Waals surface area contributed by atoms with Crippen molar-refractivity contribution in [3.63, 3.8) is 0 Å². The first kappa shape index (κ1) is 13.6. The number of ether oxygens (including phenoxy) is 1. The van der Waals surface area contributed by atoms with Crippen LogP contribution in [0.4, 0.5) is 14.5 Å². The van der Waals surface area contributed by atoms with Crippen LogP contribution in [0.1, 0.15) is 18.4 Å². The fourth-order valence-electron chi connectivity index (χ4n) is 2.31. The molecule has 18 heavy (non-hydrogen) atoms. The molecule has 100 valence electrons. The van der Waals surface area contributed by atoms with Crippen molar-refractivity contribution < 1.29 is 13.5 Å². The molecule has 2 nitrogen and oxygen atoms in total. The van der Waals surface area contributed by atoms with Gasteiger partial charge in [-0.2, -0.15) is 0 Å². The second-order valence-corrected chi connectivity index (χ2v) is 4.73. The highest BCUT2D eigenvalue weighted by Crippen LogP contribution is 2.28. The standard InChI is InChI=1S/C13H16ClF2NO/c1-18-10-2-4-17(5-3-10)13-11(15)6-9(8-14)7-12(13)16/h6-7,10H,2-5,8H2,1H3.